The maximum absolute atomic E-state index is 13.4. The van der Waals surface area contributed by atoms with Gasteiger partial charge in [0.25, 0.3) is 0 Å². The highest BCUT2D eigenvalue weighted by atomic mass is 16.5. The number of likely N-dealkylation sites (tertiary alicyclic amines) is 1. The first kappa shape index (κ1) is 33.5. The van der Waals surface area contributed by atoms with E-state index in [4.69, 9.17) is 21.0 Å². The van der Waals surface area contributed by atoms with Gasteiger partial charge in [0.1, 0.15) is 23.2 Å². The summed E-state index contributed by atoms with van der Waals surface area (Å²) in [7, 11) is 0. The number of allylic oxidation sites excluding steroid dienone is 1. The Balaban J connectivity index is 1.30. The van der Waals surface area contributed by atoms with E-state index in [-0.39, 0.29) is 42.3 Å². The first-order valence-electron chi connectivity index (χ1n) is 16.1. The van der Waals surface area contributed by atoms with Crippen molar-refractivity contribution in [3.05, 3.63) is 101 Å². The van der Waals surface area contributed by atoms with Gasteiger partial charge in [0.2, 0.25) is 5.96 Å². The number of rotatable bonds is 8. The van der Waals surface area contributed by atoms with Gasteiger partial charge in [-0.1, -0.05) is 62.7 Å². The van der Waals surface area contributed by atoms with E-state index in [1.165, 1.54) is 4.57 Å². The zero-order valence-electron chi connectivity index (χ0n) is 27.6. The number of hydrogen-bond acceptors (Lipinski definition) is 7. The van der Waals surface area contributed by atoms with Gasteiger partial charge in [0, 0.05) is 29.4 Å². The molecule has 7 N–H and O–H groups in total. The molecular formula is C36H46N8O3. The third-order valence-corrected chi connectivity index (χ3v) is 8.70. The molecule has 0 radical (unpaired) electrons. The van der Waals surface area contributed by atoms with Crippen molar-refractivity contribution < 1.29 is 14.6 Å². The Morgan fingerprint density at radius 2 is 1.74 bits per heavy atom. The number of aromatic nitrogens is 1. The number of aliphatic hydroxyl groups is 1. The molecule has 1 fully saturated rings. The number of amides is 2. The van der Waals surface area contributed by atoms with Gasteiger partial charge in [0.05, 0.1) is 24.9 Å². The molecule has 3 atom stereocenters. The Morgan fingerprint density at radius 3 is 2.45 bits per heavy atom. The summed E-state index contributed by atoms with van der Waals surface area (Å²) in [6, 6.07) is 18.3. The molecule has 0 saturated carbocycles. The Kier molecular flexibility index (Phi) is 10.1. The average molecular weight is 639 g/mol. The van der Waals surface area contributed by atoms with Gasteiger partial charge in [0.15, 0.2) is 0 Å². The number of aliphatic hydroxyl groups excluding tert-OH is 1. The molecule has 248 valence electrons. The van der Waals surface area contributed by atoms with Gasteiger partial charge in [-0.2, -0.15) is 0 Å². The van der Waals surface area contributed by atoms with Crippen molar-refractivity contribution in [1.29, 1.82) is 16.2 Å². The zero-order chi connectivity index (χ0) is 33.7. The molecule has 2 amide bonds. The summed E-state index contributed by atoms with van der Waals surface area (Å²) in [5.74, 6) is 1.10. The third kappa shape index (κ3) is 8.10. The normalized spacial score (nSPS) is 19.5. The van der Waals surface area contributed by atoms with Gasteiger partial charge >= 0.3 is 6.03 Å². The number of urea groups is 1. The van der Waals surface area contributed by atoms with E-state index in [1.54, 1.807) is 24.4 Å². The van der Waals surface area contributed by atoms with Crippen LogP contribution in [0.5, 0.6) is 5.75 Å². The predicted octanol–water partition coefficient (Wildman–Crippen LogP) is 5.79. The summed E-state index contributed by atoms with van der Waals surface area (Å²) in [6.45, 7) is 8.52. The number of aryl methyl sites for hydroxylation is 1. The minimum Gasteiger partial charge on any atom is -0.484 e. The Bertz CT molecular complexity index is 1710. The van der Waals surface area contributed by atoms with Crippen LogP contribution in [0.1, 0.15) is 75.3 Å². The molecule has 0 unspecified atom stereocenters. The number of nitrogens with one attached hydrogen (secondary N) is 6. The summed E-state index contributed by atoms with van der Waals surface area (Å²) < 4.78 is 7.96. The summed E-state index contributed by atoms with van der Waals surface area (Å²) in [5.41, 5.74) is 3.98. The highest BCUT2D eigenvalue weighted by Crippen LogP contribution is 2.38. The summed E-state index contributed by atoms with van der Waals surface area (Å²) in [5, 5.41) is 44.8. The van der Waals surface area contributed by atoms with Crippen LogP contribution >= 0.6 is 0 Å². The lowest BCUT2D eigenvalue weighted by atomic mass is 9.85. The fraction of sp³-hybridized carbons (Fsp3) is 0.389. The number of fused-ring (bicyclic) bond motifs is 1. The van der Waals surface area contributed by atoms with Gasteiger partial charge < -0.3 is 30.8 Å². The van der Waals surface area contributed by atoms with E-state index in [9.17, 15) is 9.90 Å². The minimum atomic E-state index is -0.397. The average Bonchev–Trinajstić information content (AvgIpc) is 3.52. The molecule has 3 aromatic rings. The molecule has 1 aliphatic heterocycles. The first-order valence-corrected chi connectivity index (χ1v) is 16.1. The maximum atomic E-state index is 13.4. The maximum Gasteiger partial charge on any atom is 0.320 e. The van der Waals surface area contributed by atoms with Crippen molar-refractivity contribution >= 4 is 23.4 Å². The number of anilines is 1. The number of pyridine rings is 1. The van der Waals surface area contributed by atoms with Crippen LogP contribution in [0, 0.1) is 28.6 Å². The van der Waals surface area contributed by atoms with Crippen molar-refractivity contribution in [2.75, 3.05) is 18.5 Å². The van der Waals surface area contributed by atoms with E-state index < -0.39 is 5.41 Å². The van der Waals surface area contributed by atoms with Crippen molar-refractivity contribution in [2.45, 2.75) is 71.6 Å². The van der Waals surface area contributed by atoms with Crippen LogP contribution in [0.2, 0.25) is 0 Å². The van der Waals surface area contributed by atoms with Crippen LogP contribution in [-0.2, 0) is 0 Å². The van der Waals surface area contributed by atoms with Crippen LogP contribution in [0.25, 0.3) is 0 Å². The molecule has 2 aromatic carbocycles. The molecule has 1 saturated heterocycles. The topological polar surface area (TPSA) is 162 Å². The molecule has 11 nitrogen and oxygen atoms in total. The molecule has 11 heteroatoms. The van der Waals surface area contributed by atoms with Gasteiger partial charge in [-0.15, -0.1) is 0 Å². The Morgan fingerprint density at radius 1 is 1.02 bits per heavy atom. The Labute approximate surface area is 276 Å². The van der Waals surface area contributed by atoms with Crippen LogP contribution < -0.4 is 26.2 Å². The molecule has 47 heavy (non-hydrogen) atoms. The van der Waals surface area contributed by atoms with Gasteiger partial charge in [-0.3, -0.25) is 20.7 Å². The molecule has 1 aliphatic carbocycles. The molecule has 1 aromatic heterocycles. The SMILES string of the molecule is Cc1ccc(N/C(=C\C(=N)C(C)(C)C)NC(=O)N[C@H]2CC[C@@H](Oc3ccc(=N)n(C(=N)N4CCC[C@@H]4CO)c3)c3ccccc32)cc1. The first-order chi connectivity index (χ1) is 22.4. The zero-order valence-corrected chi connectivity index (χ0v) is 27.6. The number of ether oxygens (including phenoxy) is 1. The molecule has 0 spiro atoms. The monoisotopic (exact) mass is 638 g/mol. The summed E-state index contributed by atoms with van der Waals surface area (Å²) in [6.07, 6.45) is 6.02. The molecule has 0 bridgehead atoms. The van der Waals surface area contributed by atoms with E-state index in [1.807, 2.05) is 81.1 Å². The van der Waals surface area contributed by atoms with E-state index >= 15 is 0 Å². The fourth-order valence-corrected chi connectivity index (χ4v) is 5.93. The minimum absolute atomic E-state index is 0.0277. The van der Waals surface area contributed by atoms with Crippen LogP contribution in [-0.4, -0.2) is 51.5 Å². The van der Waals surface area contributed by atoms with E-state index in [0.717, 1.165) is 35.2 Å². The standard InChI is InChI=1S/C36H46N8O3/c1-23-11-13-24(14-12-23)40-33(20-31(37)36(2,3)4)42-35(46)41-29-16-17-30(28-10-6-5-9-27(28)29)47-26-15-18-32(38)44(21-26)34(39)43-19-7-8-25(43)22-45/h5-6,9-15,18,20-21,25,29-30,37-40,45H,7-8,16-17,19,22H2,1-4H3,(H2,41,42,46)/b33-20+,37-31?,38-32?,39-34?/t25-,29+,30-/m1/s1. The van der Waals surface area contributed by atoms with E-state index in [0.29, 0.717) is 36.7 Å². The lowest BCUT2D eigenvalue weighted by Gasteiger charge is -2.32. The second-order valence-electron chi connectivity index (χ2n) is 13.3. The summed E-state index contributed by atoms with van der Waals surface area (Å²) >= 11 is 0. The van der Waals surface area contributed by atoms with Gasteiger partial charge in [-0.25, -0.2) is 4.79 Å². The second kappa shape index (κ2) is 14.3. The number of hydrogen-bond donors (Lipinski definition) is 7. The van der Waals surface area contributed by atoms with Crippen molar-refractivity contribution in [2.24, 2.45) is 5.41 Å². The molecular weight excluding hydrogens is 592 g/mol. The van der Waals surface area contributed by atoms with Crippen molar-refractivity contribution in [3.63, 3.8) is 0 Å². The smallest absolute Gasteiger partial charge is 0.320 e. The van der Waals surface area contributed by atoms with Crippen molar-refractivity contribution in [1.82, 2.24) is 20.1 Å². The van der Waals surface area contributed by atoms with Crippen molar-refractivity contribution in [3.8, 4) is 5.75 Å². The molecule has 5 rings (SSSR count). The quantitative estimate of drug-likeness (QED) is 0.123. The second-order valence-corrected chi connectivity index (χ2v) is 13.3. The largest absolute Gasteiger partial charge is 0.484 e. The number of carbonyl (C=O) groups excluding carboxylic acids is 1. The lowest BCUT2D eigenvalue weighted by molar-refractivity contribution is 0.170. The highest BCUT2D eigenvalue weighted by molar-refractivity contribution is 5.97. The lowest BCUT2D eigenvalue weighted by Crippen LogP contribution is -2.44. The third-order valence-electron chi connectivity index (χ3n) is 8.70. The number of benzene rings is 2. The predicted molar refractivity (Wildman–Crippen MR) is 184 cm³/mol. The van der Waals surface area contributed by atoms with Crippen LogP contribution in [0.4, 0.5) is 10.5 Å². The highest BCUT2D eigenvalue weighted by Gasteiger charge is 2.31. The molecule has 2 heterocycles. The fourth-order valence-electron chi connectivity index (χ4n) is 5.93. The summed E-state index contributed by atoms with van der Waals surface area (Å²) in [4.78, 5) is 15.2. The Hall–Kier alpha value is -4.90. The van der Waals surface area contributed by atoms with Crippen LogP contribution in [0.15, 0.2) is 78.8 Å². The van der Waals surface area contributed by atoms with E-state index in [2.05, 4.69) is 16.0 Å². The molecule has 2 aliphatic rings. The number of carbonyl (C=O) groups is 1. The van der Waals surface area contributed by atoms with Gasteiger partial charge in [-0.05, 0) is 68.0 Å². The number of nitrogens with zero attached hydrogens (tertiary/aromatic N) is 2. The van der Waals surface area contributed by atoms with Crippen LogP contribution in [0.3, 0.4) is 0 Å².